The van der Waals surface area contributed by atoms with Crippen molar-refractivity contribution in [2.75, 3.05) is 32.5 Å². The summed E-state index contributed by atoms with van der Waals surface area (Å²) in [6.45, 7) is 7.88. The predicted octanol–water partition coefficient (Wildman–Crippen LogP) is 3.79. The lowest BCUT2D eigenvalue weighted by Gasteiger charge is -2.42. The monoisotopic (exact) mass is 497 g/mol. The Bertz CT molecular complexity index is 1230. The topological polar surface area (TPSA) is 104 Å². The van der Waals surface area contributed by atoms with Crippen LogP contribution in [-0.2, 0) is 11.3 Å². The second-order valence-electron chi connectivity index (χ2n) is 9.93. The lowest BCUT2D eigenvalue weighted by molar-refractivity contribution is -0.113. The van der Waals surface area contributed by atoms with Crippen LogP contribution >= 0.6 is 11.6 Å². The number of rotatable bonds is 9. The fourth-order valence-electron chi connectivity index (χ4n) is 4.53. The molecule has 2 heterocycles. The zero-order valence-corrected chi connectivity index (χ0v) is 21.5. The number of anilines is 1. The lowest BCUT2D eigenvalue weighted by Crippen LogP contribution is -2.45. The number of furan rings is 1. The van der Waals surface area contributed by atoms with Gasteiger partial charge in [-0.05, 0) is 43.8 Å². The molecule has 4 N–H and O–H groups in total. The molecule has 0 amide bonds. The first kappa shape index (κ1) is 25.2. The largest absolute Gasteiger partial charge is 0.464 e. The summed E-state index contributed by atoms with van der Waals surface area (Å²) in [4.78, 5) is 27.2. The number of benzene rings is 1. The Kier molecular flexibility index (Phi) is 6.92. The number of allylic oxidation sites excluding steroid dienone is 2. The van der Waals surface area contributed by atoms with E-state index in [1.165, 1.54) is 0 Å². The third-order valence-electron chi connectivity index (χ3n) is 6.53. The van der Waals surface area contributed by atoms with E-state index in [1.54, 1.807) is 24.2 Å². The van der Waals surface area contributed by atoms with Crippen molar-refractivity contribution < 1.29 is 14.0 Å². The van der Waals surface area contributed by atoms with Crippen molar-refractivity contribution in [3.05, 3.63) is 75.0 Å². The number of hydrogen-bond donors (Lipinski definition) is 3. The number of nitrogens with zero attached hydrogens (tertiary/aromatic N) is 2. The molecule has 1 aromatic carbocycles. The van der Waals surface area contributed by atoms with Gasteiger partial charge in [0.15, 0.2) is 6.29 Å². The molecule has 4 rings (SSSR count). The SMILES string of the molecule is Cc1ccc([C@@H]2NC3=C(Nc4ccc(Cl)c(CN(C)CCN(C)N)c4C=O)C(=O)C3=CC2(C)C)o1. The minimum absolute atomic E-state index is 0.0916. The van der Waals surface area contributed by atoms with Gasteiger partial charge in [0.25, 0.3) is 0 Å². The van der Waals surface area contributed by atoms with Gasteiger partial charge in [0.2, 0.25) is 5.78 Å². The number of fused-ring (bicyclic) bond motifs is 1. The Morgan fingerprint density at radius 1 is 1.23 bits per heavy atom. The maximum atomic E-state index is 13.0. The molecule has 0 bridgehead atoms. The maximum absolute atomic E-state index is 13.0. The third-order valence-corrected chi connectivity index (χ3v) is 6.88. The van der Waals surface area contributed by atoms with Gasteiger partial charge in [0.05, 0.1) is 11.7 Å². The van der Waals surface area contributed by atoms with Crippen molar-refractivity contribution in [3.63, 3.8) is 0 Å². The summed E-state index contributed by atoms with van der Waals surface area (Å²) in [5.74, 6) is 7.26. The Morgan fingerprint density at radius 3 is 2.60 bits per heavy atom. The lowest BCUT2D eigenvalue weighted by atomic mass is 9.73. The van der Waals surface area contributed by atoms with Gasteiger partial charge in [-0.15, -0.1) is 0 Å². The molecule has 35 heavy (non-hydrogen) atoms. The van der Waals surface area contributed by atoms with Gasteiger partial charge in [-0.1, -0.05) is 31.5 Å². The Balaban J connectivity index is 1.64. The second-order valence-corrected chi connectivity index (χ2v) is 10.3. The summed E-state index contributed by atoms with van der Waals surface area (Å²) in [5.41, 5.74) is 3.13. The standard InChI is InChI=1S/C26H32ClN5O3/c1-15-6-9-21(35-15)25-26(2,3)12-16-22(30-25)23(24(16)34)29-20-8-7-19(27)17(18(20)14-33)13-31(4)10-11-32(5)28/h6-9,12,14,25,29-30H,10-11,13,28H2,1-5H3/t25-/m0/s1. The molecular weight excluding hydrogens is 466 g/mol. The number of aldehydes is 1. The van der Waals surface area contributed by atoms with E-state index >= 15 is 0 Å². The minimum atomic E-state index is -0.325. The zero-order chi connectivity index (χ0) is 25.5. The Hall–Kier alpha value is -2.91. The van der Waals surface area contributed by atoms with Crippen molar-refractivity contribution in [2.24, 2.45) is 11.3 Å². The van der Waals surface area contributed by atoms with Crippen LogP contribution in [0.1, 0.15) is 47.3 Å². The van der Waals surface area contributed by atoms with Crippen molar-refractivity contribution in [1.29, 1.82) is 0 Å². The van der Waals surface area contributed by atoms with E-state index in [0.29, 0.717) is 52.7 Å². The molecule has 1 aliphatic heterocycles. The van der Waals surface area contributed by atoms with E-state index in [1.807, 2.05) is 37.1 Å². The number of Topliss-reactive ketones (excluding diaryl/α,β-unsaturated/α-hetero) is 1. The van der Waals surface area contributed by atoms with Crippen molar-refractivity contribution in [1.82, 2.24) is 15.2 Å². The highest BCUT2D eigenvalue weighted by molar-refractivity contribution is 6.32. The maximum Gasteiger partial charge on any atom is 0.213 e. The van der Waals surface area contributed by atoms with Crippen molar-refractivity contribution in [3.8, 4) is 0 Å². The van der Waals surface area contributed by atoms with E-state index in [9.17, 15) is 9.59 Å². The zero-order valence-electron chi connectivity index (χ0n) is 20.7. The molecule has 186 valence electrons. The van der Waals surface area contributed by atoms with Crippen LogP contribution in [0.4, 0.5) is 5.69 Å². The molecule has 1 aromatic heterocycles. The van der Waals surface area contributed by atoms with Gasteiger partial charge >= 0.3 is 0 Å². The molecule has 0 spiro atoms. The number of hydrazine groups is 1. The molecule has 0 saturated carbocycles. The highest BCUT2D eigenvalue weighted by atomic mass is 35.5. The third kappa shape index (κ3) is 4.92. The fraction of sp³-hybridized carbons (Fsp3) is 0.385. The molecule has 1 aliphatic carbocycles. The summed E-state index contributed by atoms with van der Waals surface area (Å²) < 4.78 is 5.89. The molecule has 0 unspecified atom stereocenters. The molecule has 8 nitrogen and oxygen atoms in total. The Labute approximate surface area is 210 Å². The van der Waals surface area contributed by atoms with Gasteiger partial charge in [0, 0.05) is 53.9 Å². The molecule has 0 saturated heterocycles. The number of nitrogens with two attached hydrogens (primary N) is 1. The van der Waals surface area contributed by atoms with Crippen LogP contribution in [0.5, 0.6) is 0 Å². The summed E-state index contributed by atoms with van der Waals surface area (Å²) >= 11 is 6.47. The van der Waals surface area contributed by atoms with Gasteiger partial charge in [-0.3, -0.25) is 15.4 Å². The van der Waals surface area contributed by atoms with E-state index < -0.39 is 0 Å². The van der Waals surface area contributed by atoms with Crippen LogP contribution in [0.25, 0.3) is 0 Å². The average molecular weight is 498 g/mol. The molecular formula is C26H32ClN5O3. The number of hydrogen-bond acceptors (Lipinski definition) is 8. The number of carbonyl (C=O) groups is 2. The summed E-state index contributed by atoms with van der Waals surface area (Å²) in [6, 6.07) is 7.22. The normalized spacial score (nSPS) is 18.8. The van der Waals surface area contributed by atoms with E-state index in [2.05, 4.69) is 24.5 Å². The molecule has 0 radical (unpaired) electrons. The quantitative estimate of drug-likeness (QED) is 0.273. The highest BCUT2D eigenvalue weighted by Gasteiger charge is 2.45. The van der Waals surface area contributed by atoms with Crippen LogP contribution < -0.4 is 16.5 Å². The highest BCUT2D eigenvalue weighted by Crippen LogP contribution is 2.46. The molecule has 2 aliphatic rings. The number of ketones is 1. The summed E-state index contributed by atoms with van der Waals surface area (Å²) in [6.07, 6.45) is 2.77. The summed E-state index contributed by atoms with van der Waals surface area (Å²) in [5, 5.41) is 8.79. The van der Waals surface area contributed by atoms with E-state index in [4.69, 9.17) is 21.9 Å². The number of likely N-dealkylation sites (N-methyl/N-ethyl adjacent to an activating group) is 2. The first-order valence-corrected chi connectivity index (χ1v) is 11.9. The number of nitrogens with one attached hydrogen (secondary N) is 2. The number of halogens is 1. The Morgan fingerprint density at radius 2 is 1.97 bits per heavy atom. The average Bonchev–Trinajstić information content (AvgIpc) is 3.23. The van der Waals surface area contributed by atoms with E-state index in [-0.39, 0.29) is 17.2 Å². The van der Waals surface area contributed by atoms with Gasteiger partial charge < -0.3 is 20.0 Å². The molecule has 1 atom stereocenters. The smallest absolute Gasteiger partial charge is 0.213 e. The van der Waals surface area contributed by atoms with E-state index in [0.717, 1.165) is 23.5 Å². The number of aryl methyl sites for hydroxylation is 1. The van der Waals surface area contributed by atoms with Crippen molar-refractivity contribution >= 4 is 29.4 Å². The predicted molar refractivity (Wildman–Crippen MR) is 137 cm³/mol. The van der Waals surface area contributed by atoms with Gasteiger partial charge in [-0.25, -0.2) is 5.01 Å². The van der Waals surface area contributed by atoms with Crippen LogP contribution in [0.2, 0.25) is 5.02 Å². The van der Waals surface area contributed by atoms with Crippen LogP contribution in [-0.4, -0.2) is 49.2 Å². The fourth-order valence-corrected chi connectivity index (χ4v) is 4.75. The number of carbonyl (C=O) groups excluding carboxylic acids is 2. The molecule has 9 heteroatoms. The van der Waals surface area contributed by atoms with Crippen LogP contribution in [0.3, 0.4) is 0 Å². The first-order valence-electron chi connectivity index (χ1n) is 11.5. The van der Waals surface area contributed by atoms with Crippen molar-refractivity contribution in [2.45, 2.75) is 33.4 Å². The van der Waals surface area contributed by atoms with Gasteiger partial charge in [-0.2, -0.15) is 0 Å². The van der Waals surface area contributed by atoms with Crippen LogP contribution in [0.15, 0.2) is 51.7 Å². The van der Waals surface area contributed by atoms with Gasteiger partial charge in [0.1, 0.15) is 17.2 Å². The summed E-state index contributed by atoms with van der Waals surface area (Å²) in [7, 11) is 3.74. The molecule has 0 fully saturated rings. The minimum Gasteiger partial charge on any atom is -0.464 e. The second kappa shape index (κ2) is 9.62. The van der Waals surface area contributed by atoms with Crippen LogP contribution in [0, 0.1) is 12.3 Å². The molecule has 2 aromatic rings. The first-order chi connectivity index (χ1) is 16.5.